The summed E-state index contributed by atoms with van der Waals surface area (Å²) in [4.78, 5) is 50.9. The lowest BCUT2D eigenvalue weighted by molar-refractivity contribution is -0.119. The molecule has 2 saturated heterocycles. The molecule has 14 heteroatoms. The predicted molar refractivity (Wildman–Crippen MR) is 149 cm³/mol. The van der Waals surface area contributed by atoms with Crippen LogP contribution in [0.1, 0.15) is 36.7 Å². The lowest BCUT2D eigenvalue weighted by Crippen LogP contribution is -2.33. The zero-order chi connectivity index (χ0) is 30.6. The Bertz CT molecular complexity index is 1730. The second-order valence-electron chi connectivity index (χ2n) is 10.8. The molecule has 43 heavy (non-hydrogen) atoms. The van der Waals surface area contributed by atoms with Crippen molar-refractivity contribution >= 4 is 40.2 Å². The number of ether oxygens (including phenoxy) is 3. The molecule has 2 N–H and O–H groups in total. The summed E-state index contributed by atoms with van der Waals surface area (Å²) < 4.78 is 49.4. The highest BCUT2D eigenvalue weighted by Gasteiger charge is 2.35. The van der Waals surface area contributed by atoms with Crippen molar-refractivity contribution < 1.29 is 42.5 Å². The topological polar surface area (TPSA) is 140 Å². The van der Waals surface area contributed by atoms with Gasteiger partial charge in [0.05, 0.1) is 42.3 Å². The fraction of sp³-hybridized carbons (Fsp3) is 0.379. The van der Waals surface area contributed by atoms with Gasteiger partial charge in [-0.2, -0.15) is 0 Å². The van der Waals surface area contributed by atoms with Crippen molar-refractivity contribution in [1.82, 2.24) is 9.88 Å². The number of carbonyl (C=O) groups excluding carboxylic acids is 2. The summed E-state index contributed by atoms with van der Waals surface area (Å²) in [6.07, 6.45) is -0.0407. The van der Waals surface area contributed by atoms with Gasteiger partial charge in [-0.05, 0) is 25.1 Å². The molecule has 1 aromatic heterocycles. The van der Waals surface area contributed by atoms with E-state index in [2.05, 4.69) is 5.32 Å². The van der Waals surface area contributed by atoms with Crippen LogP contribution in [0.15, 0.2) is 35.3 Å². The molecular weight excluding hydrogens is 570 g/mol. The molecule has 2 amide bonds. The van der Waals surface area contributed by atoms with E-state index in [-0.39, 0.29) is 66.5 Å². The summed E-state index contributed by atoms with van der Waals surface area (Å²) >= 11 is 0. The third-order valence-electron chi connectivity index (χ3n) is 7.81. The van der Waals surface area contributed by atoms with Crippen molar-refractivity contribution in [2.45, 2.75) is 38.5 Å². The molecular formula is C29H28F2N4O8. The molecule has 2 fully saturated rings. The molecule has 3 aliphatic rings. The molecule has 0 spiro atoms. The summed E-state index contributed by atoms with van der Waals surface area (Å²) in [5.74, 6) is -2.99. The van der Waals surface area contributed by atoms with E-state index >= 15 is 8.78 Å². The van der Waals surface area contributed by atoms with Gasteiger partial charge in [0, 0.05) is 32.2 Å². The molecule has 3 aromatic rings. The number of hydrogen-bond acceptors (Lipinski definition) is 8. The van der Waals surface area contributed by atoms with Crippen molar-refractivity contribution in [3.8, 4) is 11.5 Å². The third kappa shape index (κ3) is 5.06. The minimum absolute atomic E-state index is 0.0432. The van der Waals surface area contributed by atoms with E-state index in [1.807, 2.05) is 0 Å². The summed E-state index contributed by atoms with van der Waals surface area (Å²) in [6.45, 7) is 4.13. The first kappa shape index (κ1) is 28.2. The molecule has 0 aliphatic carbocycles. The SMILES string of the molecule is CC(=O)NC[C@H]1CN(c2ccc(OC3CCN(c4c(F)cc5c(=O)c(C(=O)O)cn6c5c4OCC6C)C3)c(F)c2)C(=O)O1. The minimum atomic E-state index is -1.40. The van der Waals surface area contributed by atoms with Crippen molar-refractivity contribution in [1.29, 1.82) is 0 Å². The number of hydrogen-bond donors (Lipinski definition) is 2. The van der Waals surface area contributed by atoms with E-state index in [9.17, 15) is 24.3 Å². The van der Waals surface area contributed by atoms with Gasteiger partial charge in [-0.25, -0.2) is 18.4 Å². The highest BCUT2D eigenvalue weighted by Crippen LogP contribution is 2.43. The largest absolute Gasteiger partial charge is 0.487 e. The number of halogens is 2. The van der Waals surface area contributed by atoms with E-state index in [0.717, 1.165) is 12.1 Å². The smallest absolute Gasteiger partial charge is 0.414 e. The van der Waals surface area contributed by atoms with Crippen LogP contribution in [0.2, 0.25) is 0 Å². The highest BCUT2D eigenvalue weighted by molar-refractivity contribution is 5.97. The van der Waals surface area contributed by atoms with Crippen LogP contribution in [0, 0.1) is 11.6 Å². The number of aromatic nitrogens is 1. The number of amides is 2. The van der Waals surface area contributed by atoms with Crippen LogP contribution in [-0.4, -0.2) is 72.6 Å². The lowest BCUT2D eigenvalue weighted by atomic mass is 10.1. The molecule has 2 unspecified atom stereocenters. The summed E-state index contributed by atoms with van der Waals surface area (Å²) in [5, 5.41) is 12.0. The maximum Gasteiger partial charge on any atom is 0.414 e. The number of carboxylic acids is 1. The number of nitrogens with zero attached hydrogens (tertiary/aromatic N) is 3. The Hall–Kier alpha value is -4.88. The average Bonchev–Trinajstić information content (AvgIpc) is 3.57. The fourth-order valence-corrected chi connectivity index (χ4v) is 5.72. The first-order chi connectivity index (χ1) is 20.5. The normalized spacial score (nSPS) is 21.1. The number of rotatable bonds is 7. The van der Waals surface area contributed by atoms with Gasteiger partial charge in [0.2, 0.25) is 11.3 Å². The molecule has 12 nitrogen and oxygen atoms in total. The van der Waals surface area contributed by atoms with E-state index in [0.29, 0.717) is 18.5 Å². The summed E-state index contributed by atoms with van der Waals surface area (Å²) in [6, 6.07) is 4.85. The Morgan fingerprint density at radius 2 is 1.95 bits per heavy atom. The highest BCUT2D eigenvalue weighted by atomic mass is 19.1. The number of benzene rings is 2. The molecule has 4 heterocycles. The van der Waals surface area contributed by atoms with Gasteiger partial charge in [0.25, 0.3) is 0 Å². The van der Waals surface area contributed by atoms with Crippen molar-refractivity contribution in [3.05, 3.63) is 57.9 Å². The number of aromatic carboxylic acids is 1. The number of carbonyl (C=O) groups is 3. The summed E-state index contributed by atoms with van der Waals surface area (Å²) in [7, 11) is 0. The van der Waals surface area contributed by atoms with Crippen LogP contribution in [-0.2, 0) is 9.53 Å². The average molecular weight is 599 g/mol. The fourth-order valence-electron chi connectivity index (χ4n) is 5.72. The monoisotopic (exact) mass is 598 g/mol. The standard InChI is InChI=1S/C29H28F2N4O8/c1-14-13-41-27-24-19(26(37)20(28(38)39)12-34(14)24)8-22(31)25(27)33-6-5-17(10-33)42-23-4-3-16(7-21(23)30)35-11-18(43-29(35)40)9-32-15(2)36/h3-4,7-8,12,14,17-18H,5-6,9-11,13H2,1-2H3,(H,32,36)(H,38,39)/t14?,17?,18-/m0/s1. The van der Waals surface area contributed by atoms with Crippen LogP contribution in [0.4, 0.5) is 25.0 Å². The van der Waals surface area contributed by atoms with Gasteiger partial charge in [-0.1, -0.05) is 0 Å². The first-order valence-electron chi connectivity index (χ1n) is 13.7. The van der Waals surface area contributed by atoms with E-state index in [1.54, 1.807) is 16.4 Å². The number of nitrogens with one attached hydrogen (secondary N) is 1. The van der Waals surface area contributed by atoms with Gasteiger partial charge in [-0.3, -0.25) is 14.5 Å². The molecule has 0 bridgehead atoms. The van der Waals surface area contributed by atoms with Crippen molar-refractivity contribution in [2.24, 2.45) is 0 Å². The number of cyclic esters (lactones) is 1. The molecule has 0 saturated carbocycles. The number of anilines is 2. The van der Waals surface area contributed by atoms with E-state index in [4.69, 9.17) is 14.2 Å². The minimum Gasteiger partial charge on any atom is -0.487 e. The van der Waals surface area contributed by atoms with Crippen molar-refractivity contribution in [3.63, 3.8) is 0 Å². The van der Waals surface area contributed by atoms with Gasteiger partial charge in [0.1, 0.15) is 30.1 Å². The quantitative estimate of drug-likeness (QED) is 0.420. The Balaban J connectivity index is 1.21. The number of carboxylic acid groups (broad SMARTS) is 1. The Kier molecular flexibility index (Phi) is 7.06. The summed E-state index contributed by atoms with van der Waals surface area (Å²) in [5.41, 5.74) is -0.535. The zero-order valence-electron chi connectivity index (χ0n) is 23.3. The zero-order valence-corrected chi connectivity index (χ0v) is 23.3. The molecule has 3 atom stereocenters. The second kappa shape index (κ2) is 10.7. The van der Waals surface area contributed by atoms with Crippen LogP contribution >= 0.6 is 0 Å². The maximum atomic E-state index is 15.6. The first-order valence-corrected chi connectivity index (χ1v) is 13.7. The molecule has 3 aliphatic heterocycles. The van der Waals surface area contributed by atoms with Crippen LogP contribution in [0.25, 0.3) is 10.9 Å². The molecule has 226 valence electrons. The second-order valence-corrected chi connectivity index (χ2v) is 10.8. The molecule has 6 rings (SSSR count). The van der Waals surface area contributed by atoms with E-state index in [1.165, 1.54) is 30.2 Å². The predicted octanol–water partition coefficient (Wildman–Crippen LogP) is 3.05. The van der Waals surface area contributed by atoms with Crippen LogP contribution in [0.3, 0.4) is 0 Å². The maximum absolute atomic E-state index is 15.6. The van der Waals surface area contributed by atoms with Gasteiger partial charge in [-0.15, -0.1) is 0 Å². The van der Waals surface area contributed by atoms with Gasteiger partial charge in [0.15, 0.2) is 23.1 Å². The Morgan fingerprint density at radius 1 is 1.16 bits per heavy atom. The third-order valence-corrected chi connectivity index (χ3v) is 7.81. The van der Waals surface area contributed by atoms with Gasteiger partial charge < -0.3 is 34.1 Å². The van der Waals surface area contributed by atoms with Gasteiger partial charge >= 0.3 is 12.1 Å². The lowest BCUT2D eigenvalue weighted by Gasteiger charge is -2.31. The number of pyridine rings is 1. The molecule has 0 radical (unpaired) electrons. The van der Waals surface area contributed by atoms with Crippen LogP contribution < -0.4 is 30.0 Å². The molecule has 2 aromatic carbocycles. The Morgan fingerprint density at radius 3 is 2.67 bits per heavy atom. The van der Waals surface area contributed by atoms with Crippen molar-refractivity contribution in [2.75, 3.05) is 42.6 Å². The van der Waals surface area contributed by atoms with E-state index < -0.39 is 46.9 Å². The van der Waals surface area contributed by atoms with Crippen LogP contribution in [0.5, 0.6) is 11.5 Å². The Labute approximate surface area is 243 Å².